The molecular formula is C12H20N2O5. The van der Waals surface area contributed by atoms with Crippen LogP contribution in [-0.4, -0.2) is 72.5 Å². The largest absolute Gasteiger partial charge is 0.481 e. The number of rotatable bonds is 6. The third kappa shape index (κ3) is 5.37. The maximum absolute atomic E-state index is 11.6. The van der Waals surface area contributed by atoms with Crippen molar-refractivity contribution in [3.05, 3.63) is 12.2 Å². The lowest BCUT2D eigenvalue weighted by molar-refractivity contribution is -0.142. The van der Waals surface area contributed by atoms with E-state index in [2.05, 4.69) is 5.32 Å². The van der Waals surface area contributed by atoms with E-state index in [1.165, 1.54) is 0 Å². The number of hydrogen-bond donors (Lipinski definition) is 3. The molecule has 0 radical (unpaired) electrons. The van der Waals surface area contributed by atoms with Gasteiger partial charge in [-0.3, -0.25) is 9.59 Å². The molecule has 1 aliphatic rings. The number of ether oxygens (including phenoxy) is 1. The van der Waals surface area contributed by atoms with Gasteiger partial charge >= 0.3 is 5.97 Å². The highest BCUT2D eigenvalue weighted by Crippen LogP contribution is 2.15. The van der Waals surface area contributed by atoms with Gasteiger partial charge < -0.3 is 25.2 Å². The summed E-state index contributed by atoms with van der Waals surface area (Å²) in [7, 11) is 3.55. The molecule has 0 spiro atoms. The first-order chi connectivity index (χ1) is 8.92. The maximum atomic E-state index is 11.6. The smallest absolute Gasteiger partial charge is 0.306 e. The molecule has 0 bridgehead atoms. The number of amides is 1. The fraction of sp³-hybridized carbons (Fsp3) is 0.667. The first kappa shape index (κ1) is 15.6. The van der Waals surface area contributed by atoms with Crippen LogP contribution in [0.4, 0.5) is 0 Å². The van der Waals surface area contributed by atoms with Gasteiger partial charge in [-0.15, -0.1) is 0 Å². The number of likely N-dealkylation sites (N-methyl/N-ethyl adjacent to an activating group) is 1. The number of nitrogens with one attached hydrogen (secondary N) is 1. The van der Waals surface area contributed by atoms with Gasteiger partial charge in [0.25, 0.3) is 0 Å². The van der Waals surface area contributed by atoms with Crippen molar-refractivity contribution < 1.29 is 24.5 Å². The summed E-state index contributed by atoms with van der Waals surface area (Å²) in [6.07, 6.45) is 1.91. The fourth-order valence-electron chi connectivity index (χ4n) is 1.83. The number of carbonyl (C=O) groups excluding carboxylic acids is 1. The zero-order chi connectivity index (χ0) is 14.4. The van der Waals surface area contributed by atoms with E-state index in [-0.39, 0.29) is 25.5 Å². The number of aliphatic hydroxyl groups excluding tert-OH is 1. The molecule has 7 heteroatoms. The number of carbonyl (C=O) groups is 2. The van der Waals surface area contributed by atoms with Gasteiger partial charge in [-0.1, -0.05) is 12.2 Å². The van der Waals surface area contributed by atoms with E-state index in [0.29, 0.717) is 0 Å². The minimum Gasteiger partial charge on any atom is -0.481 e. The van der Waals surface area contributed by atoms with E-state index in [4.69, 9.17) is 9.84 Å². The van der Waals surface area contributed by atoms with E-state index >= 15 is 0 Å². The van der Waals surface area contributed by atoms with Crippen molar-refractivity contribution in [1.29, 1.82) is 0 Å². The molecule has 1 aliphatic heterocycles. The van der Waals surface area contributed by atoms with E-state index in [9.17, 15) is 14.7 Å². The second-order valence-electron chi connectivity index (χ2n) is 4.71. The third-order valence-corrected chi connectivity index (χ3v) is 2.63. The molecule has 1 amide bonds. The molecule has 0 saturated carbocycles. The van der Waals surface area contributed by atoms with Crippen molar-refractivity contribution in [2.24, 2.45) is 0 Å². The van der Waals surface area contributed by atoms with Crippen LogP contribution in [0.5, 0.6) is 0 Å². The first-order valence-corrected chi connectivity index (χ1v) is 6.03. The lowest BCUT2D eigenvalue weighted by atomic mass is 10.0. The molecule has 3 N–H and O–H groups in total. The predicted octanol–water partition coefficient (Wildman–Crippen LogP) is -1.18. The number of nitrogens with zero attached hydrogens (tertiary/aromatic N) is 1. The highest BCUT2D eigenvalue weighted by atomic mass is 16.5. The highest BCUT2D eigenvalue weighted by molar-refractivity contribution is 5.78. The van der Waals surface area contributed by atoms with Crippen LogP contribution in [0.1, 0.15) is 6.42 Å². The van der Waals surface area contributed by atoms with Crippen LogP contribution in [0.25, 0.3) is 0 Å². The van der Waals surface area contributed by atoms with Crippen molar-refractivity contribution >= 4 is 11.9 Å². The lowest BCUT2D eigenvalue weighted by Crippen LogP contribution is -2.50. The number of carboxylic acid groups (broad SMARTS) is 1. The summed E-state index contributed by atoms with van der Waals surface area (Å²) in [6.45, 7) is -0.0472. The van der Waals surface area contributed by atoms with Gasteiger partial charge in [0.1, 0.15) is 6.10 Å². The molecule has 0 aromatic heterocycles. The van der Waals surface area contributed by atoms with Crippen LogP contribution in [0.2, 0.25) is 0 Å². The lowest BCUT2D eigenvalue weighted by Gasteiger charge is -2.31. The Morgan fingerprint density at radius 3 is 2.58 bits per heavy atom. The Labute approximate surface area is 111 Å². The molecule has 7 nitrogen and oxygen atoms in total. The average molecular weight is 272 g/mol. The third-order valence-electron chi connectivity index (χ3n) is 2.63. The number of aliphatic hydroxyl groups is 1. The van der Waals surface area contributed by atoms with Crippen LogP contribution in [-0.2, 0) is 14.3 Å². The zero-order valence-corrected chi connectivity index (χ0v) is 11.1. The van der Waals surface area contributed by atoms with Crippen molar-refractivity contribution in [3.63, 3.8) is 0 Å². The Balaban J connectivity index is 2.58. The van der Waals surface area contributed by atoms with Gasteiger partial charge in [-0.2, -0.15) is 0 Å². The molecular weight excluding hydrogens is 252 g/mol. The van der Waals surface area contributed by atoms with Crippen LogP contribution in [0.3, 0.4) is 0 Å². The quantitative estimate of drug-likeness (QED) is 0.527. The van der Waals surface area contributed by atoms with Gasteiger partial charge in [-0.25, -0.2) is 0 Å². The van der Waals surface area contributed by atoms with E-state index in [0.717, 1.165) is 0 Å². The van der Waals surface area contributed by atoms with Crippen LogP contribution in [0.15, 0.2) is 12.2 Å². The normalized spacial score (nSPS) is 26.4. The van der Waals surface area contributed by atoms with E-state index in [1.54, 1.807) is 31.1 Å². The van der Waals surface area contributed by atoms with Gasteiger partial charge in [0.15, 0.2) is 0 Å². The molecule has 0 fully saturated rings. The molecule has 19 heavy (non-hydrogen) atoms. The molecule has 0 aliphatic carbocycles. The van der Waals surface area contributed by atoms with Crippen LogP contribution in [0, 0.1) is 0 Å². The van der Waals surface area contributed by atoms with E-state index in [1.807, 2.05) is 0 Å². The summed E-state index contributed by atoms with van der Waals surface area (Å²) in [5.74, 6) is -1.15. The summed E-state index contributed by atoms with van der Waals surface area (Å²) in [5, 5.41) is 20.6. The predicted molar refractivity (Wildman–Crippen MR) is 67.6 cm³/mol. The summed E-state index contributed by atoms with van der Waals surface area (Å²) in [5.41, 5.74) is 0. The van der Waals surface area contributed by atoms with Gasteiger partial charge in [0.05, 0.1) is 31.7 Å². The molecule has 0 saturated heterocycles. The summed E-state index contributed by atoms with van der Waals surface area (Å²) in [6, 6.07) is -0.442. The summed E-state index contributed by atoms with van der Waals surface area (Å²) >= 11 is 0. The molecule has 1 rings (SSSR count). The zero-order valence-electron chi connectivity index (χ0n) is 11.1. The molecule has 0 aromatic carbocycles. The Morgan fingerprint density at radius 2 is 2.05 bits per heavy atom. The molecule has 3 atom stereocenters. The second-order valence-corrected chi connectivity index (χ2v) is 4.71. The minimum atomic E-state index is -0.971. The highest BCUT2D eigenvalue weighted by Gasteiger charge is 2.28. The minimum absolute atomic E-state index is 0.161. The molecule has 0 unspecified atom stereocenters. The SMILES string of the molecule is CN(C)CC(=O)N[C@@H]1C=C[C@H](CC(=O)O)O[C@H]1CO. The van der Waals surface area contributed by atoms with Gasteiger partial charge in [0, 0.05) is 0 Å². The van der Waals surface area contributed by atoms with Crippen molar-refractivity contribution in [1.82, 2.24) is 10.2 Å². The Kier molecular flexibility index (Phi) is 5.94. The van der Waals surface area contributed by atoms with Gasteiger partial charge in [-0.05, 0) is 14.1 Å². The Bertz CT molecular complexity index is 356. The average Bonchev–Trinajstić information content (AvgIpc) is 2.29. The van der Waals surface area contributed by atoms with Crippen LogP contribution >= 0.6 is 0 Å². The van der Waals surface area contributed by atoms with E-state index < -0.39 is 24.2 Å². The maximum Gasteiger partial charge on any atom is 0.306 e. The van der Waals surface area contributed by atoms with Crippen molar-refractivity contribution in [2.45, 2.75) is 24.7 Å². The van der Waals surface area contributed by atoms with Crippen molar-refractivity contribution in [3.8, 4) is 0 Å². The number of aliphatic carboxylic acids is 1. The number of carboxylic acids is 1. The Morgan fingerprint density at radius 1 is 1.37 bits per heavy atom. The summed E-state index contributed by atoms with van der Waals surface area (Å²) in [4.78, 5) is 23.9. The standard InChI is InChI=1S/C12H20N2O5/c1-14(2)6-11(16)13-9-4-3-8(5-12(17)18)19-10(9)7-15/h3-4,8-10,15H,5-7H2,1-2H3,(H,13,16)(H,17,18)/t8-,9-,10+/m1/s1. The first-order valence-electron chi connectivity index (χ1n) is 6.03. The monoisotopic (exact) mass is 272 g/mol. The molecule has 0 aromatic rings. The molecule has 108 valence electrons. The molecule has 1 heterocycles. The van der Waals surface area contributed by atoms with Crippen molar-refractivity contribution in [2.75, 3.05) is 27.2 Å². The number of hydrogen-bond acceptors (Lipinski definition) is 5. The fourth-order valence-corrected chi connectivity index (χ4v) is 1.83. The summed E-state index contributed by atoms with van der Waals surface area (Å²) < 4.78 is 5.42. The topological polar surface area (TPSA) is 99.1 Å². The van der Waals surface area contributed by atoms with Gasteiger partial charge in [0.2, 0.25) is 5.91 Å². The second kappa shape index (κ2) is 7.22. The van der Waals surface area contributed by atoms with Crippen LogP contribution < -0.4 is 5.32 Å². The Hall–Kier alpha value is -1.44.